The van der Waals surface area contributed by atoms with Gasteiger partial charge >= 0.3 is 6.09 Å². The number of nitrogens with one attached hydrogen (secondary N) is 3. The molecule has 4 amide bonds. The Kier molecular flexibility index (Phi) is 9.66. The highest BCUT2D eigenvalue weighted by Crippen LogP contribution is 2.48. The smallest absolute Gasteiger partial charge is 0.405 e. The fourth-order valence-electron chi connectivity index (χ4n) is 7.87. The van der Waals surface area contributed by atoms with E-state index in [1.807, 2.05) is 13.0 Å². The Morgan fingerprint density at radius 3 is 2.64 bits per heavy atom. The van der Waals surface area contributed by atoms with Crippen molar-refractivity contribution in [3.8, 4) is 17.4 Å². The molecule has 0 bridgehead atoms. The molecule has 3 aliphatic heterocycles. The number of hydrogen-bond donors (Lipinski definition) is 4. The molecule has 0 radical (unpaired) electrons. The maximum Gasteiger partial charge on any atom is 0.405 e. The molecule has 1 saturated heterocycles. The Morgan fingerprint density at radius 2 is 1.91 bits per heavy atom. The maximum atomic E-state index is 14.4. The number of allylic oxidation sites excluding steroid dienone is 1. The second-order valence-corrected chi connectivity index (χ2v) is 17.1. The van der Waals surface area contributed by atoms with Crippen LogP contribution in [0.3, 0.4) is 0 Å². The minimum Gasteiger partial charge on any atom is -0.486 e. The summed E-state index contributed by atoms with van der Waals surface area (Å²) in [6.07, 6.45) is 5.01. The van der Waals surface area contributed by atoms with Gasteiger partial charge in [0, 0.05) is 29.3 Å². The molecule has 7 atom stereocenters. The van der Waals surface area contributed by atoms with E-state index in [9.17, 15) is 37.1 Å². The minimum absolute atomic E-state index is 0.0494. The Labute approximate surface area is 306 Å². The summed E-state index contributed by atoms with van der Waals surface area (Å²) in [5.41, 5.74) is -1.67. The number of aromatic nitrogens is 1. The number of rotatable bonds is 7. The van der Waals surface area contributed by atoms with Crippen LogP contribution in [0.5, 0.6) is 17.4 Å². The number of nitrogens with zero attached hydrogens (tertiary/aromatic N) is 2. The number of amides is 4. The van der Waals surface area contributed by atoms with Crippen molar-refractivity contribution in [1.29, 1.82) is 0 Å². The number of pyridine rings is 1. The van der Waals surface area contributed by atoms with Crippen LogP contribution >= 0.6 is 0 Å². The molecule has 4 N–H and O–H groups in total. The third-order valence-corrected chi connectivity index (χ3v) is 13.3. The van der Waals surface area contributed by atoms with Gasteiger partial charge in [0.2, 0.25) is 27.7 Å². The molecule has 2 aliphatic carbocycles. The molecule has 1 aromatic carbocycles. The van der Waals surface area contributed by atoms with Gasteiger partial charge in [0.05, 0.1) is 6.54 Å². The van der Waals surface area contributed by atoms with Gasteiger partial charge in [-0.25, -0.2) is 22.6 Å². The highest BCUT2D eigenvalue weighted by Gasteiger charge is 2.64. The summed E-state index contributed by atoms with van der Waals surface area (Å²) in [6.45, 7) is 3.30. The van der Waals surface area contributed by atoms with E-state index < -0.39 is 80.8 Å². The van der Waals surface area contributed by atoms with Crippen LogP contribution in [-0.4, -0.2) is 102 Å². The van der Waals surface area contributed by atoms with Crippen LogP contribution in [0.4, 0.5) is 9.18 Å². The minimum atomic E-state index is -4.39. The number of sulfonamides is 1. The van der Waals surface area contributed by atoms with Crippen LogP contribution in [0.1, 0.15) is 58.8 Å². The number of carbonyl (C=O) groups is 4. The lowest BCUT2D eigenvalue weighted by Crippen LogP contribution is -2.59. The Balaban J connectivity index is 1.21. The van der Waals surface area contributed by atoms with E-state index in [1.54, 1.807) is 37.4 Å². The van der Waals surface area contributed by atoms with Gasteiger partial charge in [-0.15, -0.1) is 0 Å². The van der Waals surface area contributed by atoms with Gasteiger partial charge in [-0.2, -0.15) is 0 Å². The average molecular weight is 758 g/mol. The van der Waals surface area contributed by atoms with Crippen molar-refractivity contribution < 1.29 is 51.3 Å². The molecule has 0 unspecified atom stereocenters. The summed E-state index contributed by atoms with van der Waals surface area (Å²) >= 11 is 0. The summed E-state index contributed by atoms with van der Waals surface area (Å²) in [5.74, 6) is -1.93. The zero-order chi connectivity index (χ0) is 37.7. The molecule has 2 aromatic rings. The largest absolute Gasteiger partial charge is 0.486 e. The number of carboxylic acid groups (broad SMARTS) is 1. The first kappa shape index (κ1) is 36.7. The molecule has 17 heteroatoms. The maximum absolute atomic E-state index is 14.4. The van der Waals surface area contributed by atoms with E-state index in [0.29, 0.717) is 54.7 Å². The van der Waals surface area contributed by atoms with E-state index >= 15 is 0 Å². The van der Waals surface area contributed by atoms with Crippen molar-refractivity contribution in [1.82, 2.24) is 25.2 Å². The lowest BCUT2D eigenvalue weighted by Gasteiger charge is -2.32. The highest BCUT2D eigenvalue weighted by atomic mass is 32.2. The monoisotopic (exact) mass is 757 g/mol. The zero-order valence-electron chi connectivity index (χ0n) is 29.5. The number of fused-ring (bicyclic) bond motifs is 5. The first-order valence-corrected chi connectivity index (χ1v) is 19.5. The van der Waals surface area contributed by atoms with Crippen LogP contribution in [0.2, 0.25) is 0 Å². The Morgan fingerprint density at radius 1 is 1.13 bits per heavy atom. The van der Waals surface area contributed by atoms with Crippen molar-refractivity contribution >= 4 is 44.6 Å². The van der Waals surface area contributed by atoms with Gasteiger partial charge in [-0.05, 0) is 68.6 Å². The molecule has 2 saturated carbocycles. The Bertz CT molecular complexity index is 1960. The van der Waals surface area contributed by atoms with Crippen LogP contribution in [-0.2, 0) is 24.4 Å². The van der Waals surface area contributed by atoms with Crippen LogP contribution < -0.4 is 29.6 Å². The molecule has 286 valence electrons. The standard InChI is InChI=1S/C36H44FN5O10S/c1-20-5-3-4-6-22-17-36(22,33(45)41-53(48,49)35(19-37)10-11-35)40-30(43)26-16-23(18-42(26)32(44)28(21(2)15-20)39-34(46)47)52-31-25-7-8-27-29(51-14-13-50-27)24(25)9-12-38-31/h4,6-9,12,20-23,26,28,39H,3,5,10-11,13-19H2,1-2H3,(H,40,43)(H,41,45)(H,46,47)/t20-,21-,22-,23-,26+,28+,36-/m1/s1. The summed E-state index contributed by atoms with van der Waals surface area (Å²) in [4.78, 5) is 60.2. The van der Waals surface area contributed by atoms with Gasteiger partial charge < -0.3 is 34.9 Å². The molecule has 1 aromatic heterocycles. The number of alkyl halides is 1. The quantitative estimate of drug-likeness (QED) is 0.303. The van der Waals surface area contributed by atoms with Gasteiger partial charge in [-0.1, -0.05) is 26.0 Å². The molecule has 3 fully saturated rings. The van der Waals surface area contributed by atoms with Crippen molar-refractivity contribution in [2.24, 2.45) is 17.8 Å². The second kappa shape index (κ2) is 14.0. The predicted octanol–water partition coefficient (Wildman–Crippen LogP) is 2.83. The third-order valence-electron chi connectivity index (χ3n) is 11.2. The van der Waals surface area contributed by atoms with E-state index in [4.69, 9.17) is 14.2 Å². The van der Waals surface area contributed by atoms with E-state index in [-0.39, 0.29) is 44.0 Å². The highest BCUT2D eigenvalue weighted by molar-refractivity contribution is 7.91. The number of carbonyl (C=O) groups excluding carboxylic acids is 3. The number of benzene rings is 1. The fraction of sp³-hybridized carbons (Fsp3) is 0.583. The molecule has 4 heterocycles. The summed E-state index contributed by atoms with van der Waals surface area (Å²) in [7, 11) is -4.39. The van der Waals surface area contributed by atoms with Crippen molar-refractivity contribution in [3.05, 3.63) is 36.5 Å². The lowest BCUT2D eigenvalue weighted by molar-refractivity contribution is -0.142. The predicted molar refractivity (Wildman–Crippen MR) is 188 cm³/mol. The summed E-state index contributed by atoms with van der Waals surface area (Å²) in [6, 6.07) is 2.86. The summed E-state index contributed by atoms with van der Waals surface area (Å²) < 4.78 is 58.3. The van der Waals surface area contributed by atoms with Gasteiger partial charge in [0.25, 0.3) is 5.91 Å². The van der Waals surface area contributed by atoms with Gasteiger partial charge in [0.15, 0.2) is 11.5 Å². The van der Waals surface area contributed by atoms with Crippen molar-refractivity contribution in [2.75, 3.05) is 26.4 Å². The number of halogens is 1. The van der Waals surface area contributed by atoms with Crippen LogP contribution in [0.25, 0.3) is 10.8 Å². The molecular formula is C36H44FN5O10S. The SMILES string of the molecule is C[C@@H]1CCC=C[C@@H]2C[C@@]2(C(=O)NS(=O)(=O)C2(CF)CC2)NC(=O)[C@@H]2C[C@@H](Oc3nccc4c5c(ccc34)OCCO5)CN2C(=O)[C@@H](NC(=O)O)[C@H](C)C1. The lowest BCUT2D eigenvalue weighted by atomic mass is 9.88. The van der Waals surface area contributed by atoms with Gasteiger partial charge in [-0.3, -0.25) is 19.1 Å². The number of ether oxygens (including phenoxy) is 3. The summed E-state index contributed by atoms with van der Waals surface area (Å²) in [5, 5.41) is 16.2. The molecule has 53 heavy (non-hydrogen) atoms. The molecule has 0 spiro atoms. The third kappa shape index (κ3) is 6.95. The topological polar surface area (TPSA) is 203 Å². The van der Waals surface area contributed by atoms with Gasteiger partial charge in [0.1, 0.15) is 48.4 Å². The second-order valence-electron chi connectivity index (χ2n) is 15.1. The number of hydrogen-bond acceptors (Lipinski definition) is 10. The van der Waals surface area contributed by atoms with E-state index in [1.165, 1.54) is 4.90 Å². The molecule has 7 rings (SSSR count). The first-order valence-electron chi connectivity index (χ1n) is 18.0. The first-order chi connectivity index (χ1) is 25.3. The average Bonchev–Trinajstić information content (AvgIpc) is 4.03. The normalized spacial score (nSPS) is 30.9. The van der Waals surface area contributed by atoms with E-state index in [2.05, 4.69) is 20.3 Å². The van der Waals surface area contributed by atoms with Crippen molar-refractivity contribution in [3.63, 3.8) is 0 Å². The van der Waals surface area contributed by atoms with Crippen LogP contribution in [0.15, 0.2) is 36.5 Å². The molecular weight excluding hydrogens is 713 g/mol. The fourth-order valence-corrected chi connectivity index (χ4v) is 9.30. The molecule has 15 nitrogen and oxygen atoms in total. The van der Waals surface area contributed by atoms with Crippen LogP contribution in [0, 0.1) is 17.8 Å². The Hall–Kier alpha value is -4.67. The molecule has 5 aliphatic rings. The van der Waals surface area contributed by atoms with Crippen molar-refractivity contribution in [2.45, 2.75) is 87.3 Å². The van der Waals surface area contributed by atoms with E-state index in [0.717, 1.165) is 0 Å². The zero-order valence-corrected chi connectivity index (χ0v) is 30.3.